The molecule has 2 rings (SSSR count). The van der Waals surface area contributed by atoms with Gasteiger partial charge < -0.3 is 9.47 Å². The molecule has 0 aromatic heterocycles. The Labute approximate surface area is 145 Å². The van der Waals surface area contributed by atoms with Gasteiger partial charge in [-0.25, -0.2) is 0 Å². The van der Waals surface area contributed by atoms with Gasteiger partial charge in [-0.1, -0.05) is 31.2 Å². The molecular formula is C21H27NO2. The zero-order valence-electron chi connectivity index (χ0n) is 14.7. The SMILES string of the molecule is CCOCCCN=Cc1ccc(OCc2ccc(CC)cc2)cc1. The van der Waals surface area contributed by atoms with Gasteiger partial charge in [0.2, 0.25) is 0 Å². The molecule has 0 bridgehead atoms. The summed E-state index contributed by atoms with van der Waals surface area (Å²) in [5.74, 6) is 0.878. The van der Waals surface area contributed by atoms with E-state index >= 15 is 0 Å². The summed E-state index contributed by atoms with van der Waals surface area (Å²) in [7, 11) is 0. The lowest BCUT2D eigenvalue weighted by Crippen LogP contribution is -1.96. The van der Waals surface area contributed by atoms with E-state index in [1.807, 2.05) is 37.4 Å². The van der Waals surface area contributed by atoms with E-state index in [-0.39, 0.29) is 0 Å². The standard InChI is InChI=1S/C21H27NO2/c1-3-18-6-8-20(9-7-18)17-24-21-12-10-19(11-13-21)16-22-14-5-15-23-4-2/h6-13,16H,3-5,14-15,17H2,1-2H3. The molecule has 24 heavy (non-hydrogen) atoms. The number of aliphatic imine (C=N–C) groups is 1. The first-order valence-electron chi connectivity index (χ1n) is 8.70. The van der Waals surface area contributed by atoms with Crippen LogP contribution in [0.3, 0.4) is 0 Å². The van der Waals surface area contributed by atoms with E-state index in [0.717, 1.165) is 43.9 Å². The lowest BCUT2D eigenvalue weighted by atomic mass is 10.1. The van der Waals surface area contributed by atoms with Crippen molar-refractivity contribution < 1.29 is 9.47 Å². The van der Waals surface area contributed by atoms with E-state index in [9.17, 15) is 0 Å². The summed E-state index contributed by atoms with van der Waals surface area (Å²) in [6.45, 7) is 7.11. The van der Waals surface area contributed by atoms with Gasteiger partial charge in [0.1, 0.15) is 12.4 Å². The molecule has 3 heteroatoms. The van der Waals surface area contributed by atoms with Crippen molar-refractivity contribution in [3.8, 4) is 5.75 Å². The predicted molar refractivity (Wildman–Crippen MR) is 100 cm³/mol. The molecule has 3 nitrogen and oxygen atoms in total. The second kappa shape index (κ2) is 10.6. The second-order valence-electron chi connectivity index (χ2n) is 5.61. The number of hydrogen-bond donors (Lipinski definition) is 0. The van der Waals surface area contributed by atoms with Crippen LogP contribution in [0.25, 0.3) is 0 Å². The zero-order valence-corrected chi connectivity index (χ0v) is 14.7. The van der Waals surface area contributed by atoms with Crippen molar-refractivity contribution in [1.82, 2.24) is 0 Å². The molecule has 0 atom stereocenters. The normalized spacial score (nSPS) is 11.1. The van der Waals surface area contributed by atoms with Crippen LogP contribution in [-0.4, -0.2) is 26.0 Å². The Morgan fingerprint density at radius 2 is 1.62 bits per heavy atom. The van der Waals surface area contributed by atoms with Crippen LogP contribution in [0.5, 0.6) is 5.75 Å². The van der Waals surface area contributed by atoms with Crippen LogP contribution in [0.1, 0.15) is 37.0 Å². The average molecular weight is 325 g/mol. The summed E-state index contributed by atoms with van der Waals surface area (Å²) < 4.78 is 11.1. The van der Waals surface area contributed by atoms with E-state index in [1.165, 1.54) is 11.1 Å². The minimum absolute atomic E-state index is 0.592. The molecule has 0 radical (unpaired) electrons. The summed E-state index contributed by atoms with van der Waals surface area (Å²) in [6, 6.07) is 16.6. The first-order valence-corrected chi connectivity index (χ1v) is 8.70. The second-order valence-corrected chi connectivity index (χ2v) is 5.61. The third kappa shape index (κ3) is 6.55. The first-order chi connectivity index (χ1) is 11.8. The van der Waals surface area contributed by atoms with Crippen molar-refractivity contribution in [2.75, 3.05) is 19.8 Å². The van der Waals surface area contributed by atoms with Crippen LogP contribution in [-0.2, 0) is 17.8 Å². The zero-order chi connectivity index (χ0) is 17.0. The number of aryl methyl sites for hydroxylation is 1. The van der Waals surface area contributed by atoms with Crippen molar-refractivity contribution in [2.45, 2.75) is 33.3 Å². The Hall–Kier alpha value is -2.13. The van der Waals surface area contributed by atoms with Crippen LogP contribution in [0.4, 0.5) is 0 Å². The molecular weight excluding hydrogens is 298 g/mol. The summed E-state index contributed by atoms with van der Waals surface area (Å²) in [5, 5.41) is 0. The Balaban J connectivity index is 1.75. The topological polar surface area (TPSA) is 30.8 Å². The maximum absolute atomic E-state index is 5.83. The molecule has 2 aromatic carbocycles. The fourth-order valence-electron chi connectivity index (χ4n) is 2.26. The van der Waals surface area contributed by atoms with Gasteiger partial charge in [-0.15, -0.1) is 0 Å². The largest absolute Gasteiger partial charge is 0.489 e. The fraction of sp³-hybridized carbons (Fsp3) is 0.381. The van der Waals surface area contributed by atoms with E-state index in [1.54, 1.807) is 0 Å². The van der Waals surface area contributed by atoms with Crippen molar-refractivity contribution in [1.29, 1.82) is 0 Å². The van der Waals surface area contributed by atoms with Gasteiger partial charge in [-0.2, -0.15) is 0 Å². The van der Waals surface area contributed by atoms with E-state index < -0.39 is 0 Å². The molecule has 0 fully saturated rings. The number of ether oxygens (including phenoxy) is 2. The molecule has 0 saturated heterocycles. The smallest absolute Gasteiger partial charge is 0.119 e. The van der Waals surface area contributed by atoms with Crippen molar-refractivity contribution in [2.24, 2.45) is 4.99 Å². The van der Waals surface area contributed by atoms with E-state index in [0.29, 0.717) is 6.61 Å². The minimum atomic E-state index is 0.592. The molecule has 128 valence electrons. The summed E-state index contributed by atoms with van der Waals surface area (Å²) in [5.41, 5.74) is 3.63. The Morgan fingerprint density at radius 1 is 0.917 bits per heavy atom. The Bertz CT molecular complexity index is 603. The highest BCUT2D eigenvalue weighted by atomic mass is 16.5. The van der Waals surface area contributed by atoms with Crippen LogP contribution < -0.4 is 4.74 Å². The lowest BCUT2D eigenvalue weighted by molar-refractivity contribution is 0.146. The molecule has 0 saturated carbocycles. The highest BCUT2D eigenvalue weighted by Gasteiger charge is 1.97. The van der Waals surface area contributed by atoms with Gasteiger partial charge in [0.05, 0.1) is 0 Å². The third-order valence-electron chi connectivity index (χ3n) is 3.74. The average Bonchev–Trinajstić information content (AvgIpc) is 2.64. The third-order valence-corrected chi connectivity index (χ3v) is 3.74. The fourth-order valence-corrected chi connectivity index (χ4v) is 2.26. The molecule has 2 aromatic rings. The number of hydrogen-bond acceptors (Lipinski definition) is 3. The van der Waals surface area contributed by atoms with Gasteiger partial charge in [-0.05, 0) is 60.7 Å². The predicted octanol–water partition coefficient (Wildman–Crippen LogP) is 4.67. The lowest BCUT2D eigenvalue weighted by Gasteiger charge is -2.07. The van der Waals surface area contributed by atoms with Gasteiger partial charge in [-0.3, -0.25) is 4.99 Å². The molecule has 0 amide bonds. The molecule has 0 aliphatic carbocycles. The maximum atomic E-state index is 5.83. The van der Waals surface area contributed by atoms with Crippen molar-refractivity contribution in [3.05, 3.63) is 65.2 Å². The van der Waals surface area contributed by atoms with E-state index in [2.05, 4.69) is 36.2 Å². The van der Waals surface area contributed by atoms with Gasteiger partial charge in [0.15, 0.2) is 0 Å². The quantitative estimate of drug-likeness (QED) is 0.469. The monoisotopic (exact) mass is 325 g/mol. The minimum Gasteiger partial charge on any atom is -0.489 e. The Kier molecular flexibility index (Phi) is 8.05. The number of nitrogens with zero attached hydrogens (tertiary/aromatic N) is 1. The van der Waals surface area contributed by atoms with Crippen LogP contribution in [0.15, 0.2) is 53.5 Å². The molecule has 0 unspecified atom stereocenters. The maximum Gasteiger partial charge on any atom is 0.119 e. The number of benzene rings is 2. The summed E-state index contributed by atoms with van der Waals surface area (Å²) in [6.07, 6.45) is 3.93. The summed E-state index contributed by atoms with van der Waals surface area (Å²) >= 11 is 0. The van der Waals surface area contributed by atoms with Gasteiger partial charge in [0, 0.05) is 26.0 Å². The van der Waals surface area contributed by atoms with Crippen molar-refractivity contribution >= 4 is 6.21 Å². The molecule has 0 N–H and O–H groups in total. The molecule has 0 heterocycles. The molecule has 0 aliphatic heterocycles. The molecule has 0 aliphatic rings. The van der Waals surface area contributed by atoms with Gasteiger partial charge in [0.25, 0.3) is 0 Å². The van der Waals surface area contributed by atoms with Crippen LogP contribution >= 0.6 is 0 Å². The first kappa shape index (κ1) is 18.2. The van der Waals surface area contributed by atoms with Gasteiger partial charge >= 0.3 is 0 Å². The van der Waals surface area contributed by atoms with Crippen LogP contribution in [0, 0.1) is 0 Å². The number of rotatable bonds is 10. The van der Waals surface area contributed by atoms with Crippen LogP contribution in [0.2, 0.25) is 0 Å². The Morgan fingerprint density at radius 3 is 2.29 bits per heavy atom. The van der Waals surface area contributed by atoms with Crippen molar-refractivity contribution in [3.63, 3.8) is 0 Å². The molecule has 0 spiro atoms. The van der Waals surface area contributed by atoms with E-state index in [4.69, 9.17) is 9.47 Å². The highest BCUT2D eigenvalue weighted by Crippen LogP contribution is 2.14. The summed E-state index contributed by atoms with van der Waals surface area (Å²) in [4.78, 5) is 4.41. The highest BCUT2D eigenvalue weighted by molar-refractivity contribution is 5.79.